The Bertz CT molecular complexity index is 867. The molecule has 2 aliphatic heterocycles. The molecule has 0 unspecified atom stereocenters. The zero-order chi connectivity index (χ0) is 23.4. The molecule has 8 nitrogen and oxygen atoms in total. The molecule has 1 fully saturated rings. The number of thiophene rings is 1. The number of hydrogen-bond acceptors (Lipinski definition) is 6. The fourth-order valence-electron chi connectivity index (χ4n) is 4.31. The number of carbonyl (C=O) groups is 3. The molecule has 0 aromatic carbocycles. The maximum atomic E-state index is 13.0. The number of nitrogens with zero attached hydrogens (tertiary/aromatic N) is 3. The fourth-order valence-corrected chi connectivity index (χ4v) is 5.00. The van der Waals surface area contributed by atoms with E-state index < -0.39 is 12.0 Å². The molecule has 2 atom stereocenters. The van der Waals surface area contributed by atoms with Crippen molar-refractivity contribution in [2.24, 2.45) is 5.92 Å². The van der Waals surface area contributed by atoms with Crippen LogP contribution in [0.4, 0.5) is 4.79 Å². The summed E-state index contributed by atoms with van der Waals surface area (Å²) in [6, 6.07) is 1.20. The number of rotatable bonds is 7. The molecular formula is C23H34N4O4S. The van der Waals surface area contributed by atoms with E-state index in [-0.39, 0.29) is 24.6 Å². The molecule has 1 saturated heterocycles. The van der Waals surface area contributed by atoms with Crippen LogP contribution in [-0.4, -0.2) is 78.5 Å². The highest BCUT2D eigenvalue weighted by atomic mass is 32.1. The van der Waals surface area contributed by atoms with E-state index in [2.05, 4.69) is 31.0 Å². The summed E-state index contributed by atoms with van der Waals surface area (Å²) in [6.45, 7) is 10.6. The molecule has 3 amide bonds. The first kappa shape index (κ1) is 24.3. The topological polar surface area (TPSA) is 82.2 Å². The molecular weight excluding hydrogens is 428 g/mol. The van der Waals surface area contributed by atoms with E-state index in [1.165, 1.54) is 16.2 Å². The number of likely N-dealkylation sites (N-methyl/N-ethyl adjacent to an activating group) is 1. The van der Waals surface area contributed by atoms with Gasteiger partial charge in [0.05, 0.1) is 18.2 Å². The Balaban J connectivity index is 1.85. The Morgan fingerprint density at radius 3 is 2.66 bits per heavy atom. The van der Waals surface area contributed by atoms with Crippen molar-refractivity contribution in [2.75, 3.05) is 39.8 Å². The fraction of sp³-hybridized carbons (Fsp3) is 0.609. The molecule has 1 aromatic rings. The maximum Gasteiger partial charge on any atom is 0.338 e. The maximum absolute atomic E-state index is 13.0. The normalized spacial score (nSPS) is 22.4. The first-order valence-electron chi connectivity index (χ1n) is 11.2. The van der Waals surface area contributed by atoms with Crippen molar-refractivity contribution >= 4 is 29.2 Å². The molecule has 0 saturated carbocycles. The summed E-state index contributed by atoms with van der Waals surface area (Å²) in [5, 5.41) is 6.80. The van der Waals surface area contributed by atoms with Crippen molar-refractivity contribution in [2.45, 2.75) is 46.2 Å². The number of esters is 1. The third kappa shape index (κ3) is 5.32. The molecule has 176 valence electrons. The monoisotopic (exact) mass is 462 g/mol. The lowest BCUT2D eigenvalue weighted by atomic mass is 9.96. The van der Waals surface area contributed by atoms with Crippen molar-refractivity contribution in [3.63, 3.8) is 0 Å². The van der Waals surface area contributed by atoms with Crippen LogP contribution in [0.25, 0.3) is 0 Å². The minimum Gasteiger partial charge on any atom is -0.463 e. The minimum absolute atomic E-state index is 0.0667. The van der Waals surface area contributed by atoms with Gasteiger partial charge in [-0.3, -0.25) is 14.6 Å². The molecule has 0 aliphatic carbocycles. The third-order valence-electron chi connectivity index (χ3n) is 5.94. The van der Waals surface area contributed by atoms with E-state index >= 15 is 0 Å². The van der Waals surface area contributed by atoms with Gasteiger partial charge in [-0.25, -0.2) is 9.59 Å². The van der Waals surface area contributed by atoms with Crippen LogP contribution in [0.15, 0.2) is 28.1 Å². The predicted molar refractivity (Wildman–Crippen MR) is 124 cm³/mol. The molecule has 3 rings (SSSR count). The summed E-state index contributed by atoms with van der Waals surface area (Å²) >= 11 is 1.52. The average molecular weight is 463 g/mol. The molecule has 3 heterocycles. The lowest BCUT2D eigenvalue weighted by molar-refractivity contribution is -0.139. The Morgan fingerprint density at radius 2 is 2.06 bits per heavy atom. The smallest absolute Gasteiger partial charge is 0.338 e. The quantitative estimate of drug-likeness (QED) is 0.630. The first-order chi connectivity index (χ1) is 15.2. The van der Waals surface area contributed by atoms with Crippen molar-refractivity contribution in [3.8, 4) is 0 Å². The molecule has 1 N–H and O–H groups in total. The van der Waals surface area contributed by atoms with E-state index in [0.29, 0.717) is 49.8 Å². The number of piperazine rings is 1. The van der Waals surface area contributed by atoms with Gasteiger partial charge in [0.15, 0.2) is 0 Å². The first-order valence-corrected chi connectivity index (χ1v) is 12.1. The van der Waals surface area contributed by atoms with Gasteiger partial charge < -0.3 is 15.0 Å². The summed E-state index contributed by atoms with van der Waals surface area (Å²) in [5.74, 6) is 0.100. The van der Waals surface area contributed by atoms with E-state index in [9.17, 15) is 14.4 Å². The third-order valence-corrected chi connectivity index (χ3v) is 6.64. The number of amides is 3. The van der Waals surface area contributed by atoms with E-state index in [0.717, 1.165) is 5.56 Å². The summed E-state index contributed by atoms with van der Waals surface area (Å²) in [6.07, 6.45) is 0.549. The van der Waals surface area contributed by atoms with Gasteiger partial charge in [0, 0.05) is 51.4 Å². The molecule has 32 heavy (non-hydrogen) atoms. The van der Waals surface area contributed by atoms with Crippen molar-refractivity contribution < 1.29 is 19.1 Å². The van der Waals surface area contributed by atoms with Gasteiger partial charge in [-0.1, -0.05) is 13.8 Å². The molecule has 9 heteroatoms. The van der Waals surface area contributed by atoms with Crippen LogP contribution in [0.5, 0.6) is 0 Å². The number of urea groups is 1. The van der Waals surface area contributed by atoms with E-state index in [1.807, 2.05) is 21.7 Å². The lowest BCUT2D eigenvalue weighted by Gasteiger charge is -2.42. The summed E-state index contributed by atoms with van der Waals surface area (Å²) in [4.78, 5) is 44.0. The van der Waals surface area contributed by atoms with Crippen LogP contribution >= 0.6 is 11.3 Å². The highest BCUT2D eigenvalue weighted by Crippen LogP contribution is 2.32. The van der Waals surface area contributed by atoms with E-state index in [1.54, 1.807) is 14.0 Å². The van der Waals surface area contributed by atoms with Gasteiger partial charge in [-0.05, 0) is 42.2 Å². The largest absolute Gasteiger partial charge is 0.463 e. The van der Waals surface area contributed by atoms with Gasteiger partial charge in [-0.15, -0.1) is 0 Å². The lowest BCUT2D eigenvalue weighted by Crippen LogP contribution is -2.56. The number of carbonyl (C=O) groups excluding carboxylic acids is 3. The zero-order valence-electron chi connectivity index (χ0n) is 19.6. The summed E-state index contributed by atoms with van der Waals surface area (Å²) in [5.41, 5.74) is 1.99. The molecule has 0 spiro atoms. The van der Waals surface area contributed by atoms with E-state index in [4.69, 9.17) is 4.74 Å². The predicted octanol–water partition coefficient (Wildman–Crippen LogP) is 2.84. The van der Waals surface area contributed by atoms with Crippen LogP contribution in [0.1, 0.15) is 45.7 Å². The standard InChI is InChI=1S/C23H34N4O4S/c1-6-31-22(29)20-18(25(5)23(30)24-21(20)17-7-10-32-14-17)13-26-8-9-27(16(4)12-26)19(28)11-15(2)3/h7,10,14-16,21H,6,8-9,11-13H2,1-5H3,(H,24,30)/t16-,21-/m0/s1. The van der Waals surface area contributed by atoms with Gasteiger partial charge in [-0.2, -0.15) is 11.3 Å². The van der Waals surface area contributed by atoms with Gasteiger partial charge in [0.25, 0.3) is 0 Å². The van der Waals surface area contributed by atoms with Crippen LogP contribution in [-0.2, 0) is 14.3 Å². The molecule has 0 radical (unpaired) electrons. The second-order valence-electron chi connectivity index (χ2n) is 8.85. The molecule has 1 aromatic heterocycles. The van der Waals surface area contributed by atoms with Gasteiger partial charge in [0.2, 0.25) is 5.91 Å². The molecule has 2 aliphatic rings. The Kier molecular flexibility index (Phi) is 7.95. The van der Waals surface area contributed by atoms with Crippen molar-refractivity contribution in [3.05, 3.63) is 33.7 Å². The second kappa shape index (κ2) is 10.5. The van der Waals surface area contributed by atoms with Crippen LogP contribution in [0.3, 0.4) is 0 Å². The summed E-state index contributed by atoms with van der Waals surface area (Å²) < 4.78 is 5.38. The highest BCUT2D eigenvalue weighted by Gasteiger charge is 2.38. The molecule has 0 bridgehead atoms. The van der Waals surface area contributed by atoms with Crippen molar-refractivity contribution in [1.29, 1.82) is 0 Å². The number of hydrogen-bond donors (Lipinski definition) is 1. The minimum atomic E-state index is -0.537. The van der Waals surface area contributed by atoms with Crippen LogP contribution in [0.2, 0.25) is 0 Å². The van der Waals surface area contributed by atoms with Crippen molar-refractivity contribution in [1.82, 2.24) is 20.0 Å². The summed E-state index contributed by atoms with van der Waals surface area (Å²) in [7, 11) is 1.68. The van der Waals surface area contributed by atoms with Gasteiger partial charge >= 0.3 is 12.0 Å². The SMILES string of the molecule is CCOC(=O)C1=C(CN2CCN(C(=O)CC(C)C)[C@@H](C)C2)N(C)C(=O)N[C@H]1c1ccsc1. The number of nitrogens with one attached hydrogen (secondary N) is 1. The van der Waals surface area contributed by atoms with Gasteiger partial charge in [0.1, 0.15) is 0 Å². The number of ether oxygens (including phenoxy) is 1. The average Bonchev–Trinajstić information content (AvgIpc) is 3.25. The highest BCUT2D eigenvalue weighted by molar-refractivity contribution is 7.08. The van der Waals surface area contributed by atoms with Crippen LogP contribution in [0, 0.1) is 5.92 Å². The Hall–Kier alpha value is -2.39. The zero-order valence-corrected chi connectivity index (χ0v) is 20.4. The van der Waals surface area contributed by atoms with Crippen LogP contribution < -0.4 is 5.32 Å². The second-order valence-corrected chi connectivity index (χ2v) is 9.63. The Morgan fingerprint density at radius 1 is 1.31 bits per heavy atom. The Labute approximate surface area is 194 Å².